The lowest BCUT2D eigenvalue weighted by Gasteiger charge is -2.33. The van der Waals surface area contributed by atoms with Crippen LogP contribution in [0.25, 0.3) is 0 Å². The fourth-order valence-corrected chi connectivity index (χ4v) is 3.41. The summed E-state index contributed by atoms with van der Waals surface area (Å²) >= 11 is 6.07. The lowest BCUT2D eigenvalue weighted by molar-refractivity contribution is -0.150. The van der Waals surface area contributed by atoms with Crippen LogP contribution in [0.5, 0.6) is 11.5 Å². The Labute approximate surface area is 138 Å². The summed E-state index contributed by atoms with van der Waals surface area (Å²) < 4.78 is 10.4. The van der Waals surface area contributed by atoms with E-state index >= 15 is 0 Å². The maximum Gasteiger partial charge on any atom is 0.311 e. The van der Waals surface area contributed by atoms with Gasteiger partial charge in [0.15, 0.2) is 11.5 Å². The lowest BCUT2D eigenvalue weighted by Crippen LogP contribution is -2.44. The minimum absolute atomic E-state index is 0.0717. The maximum absolute atomic E-state index is 12.3. The molecule has 2 aliphatic rings. The summed E-state index contributed by atoms with van der Waals surface area (Å²) in [5.41, 5.74) is -0.538. The maximum atomic E-state index is 12.3. The molecule has 1 saturated carbocycles. The molecule has 0 spiro atoms. The van der Waals surface area contributed by atoms with Gasteiger partial charge in [0.25, 0.3) is 5.91 Å². The smallest absolute Gasteiger partial charge is 0.311 e. The highest BCUT2D eigenvalue weighted by atomic mass is 35.5. The highest BCUT2D eigenvalue weighted by Crippen LogP contribution is 2.40. The molecule has 1 aliphatic heterocycles. The molecule has 1 heterocycles. The first-order valence-electron chi connectivity index (χ1n) is 7.63. The predicted octanol–water partition coefficient (Wildman–Crippen LogP) is 2.83. The van der Waals surface area contributed by atoms with E-state index in [4.69, 9.17) is 21.1 Å². The van der Waals surface area contributed by atoms with Gasteiger partial charge in [0.2, 0.25) is 6.79 Å². The molecule has 3 rings (SSSR count). The number of carboxylic acid groups (broad SMARTS) is 1. The SMILES string of the molecule is O=C(NCC1(C(=O)O)CCCCC1)c1cc(Cl)c2c(c1)OCO2. The first-order valence-corrected chi connectivity index (χ1v) is 8.00. The summed E-state index contributed by atoms with van der Waals surface area (Å²) in [6.45, 7) is 0.190. The first kappa shape index (κ1) is 15.9. The molecular weight excluding hydrogens is 322 g/mol. The van der Waals surface area contributed by atoms with Crippen LogP contribution in [-0.2, 0) is 4.79 Å². The number of fused-ring (bicyclic) bond motifs is 1. The second-order valence-corrected chi connectivity index (χ2v) is 6.43. The Morgan fingerprint density at radius 2 is 1.96 bits per heavy atom. The predicted molar refractivity (Wildman–Crippen MR) is 83.1 cm³/mol. The highest BCUT2D eigenvalue weighted by Gasteiger charge is 2.39. The topological polar surface area (TPSA) is 84.9 Å². The molecule has 1 fully saturated rings. The molecule has 0 radical (unpaired) electrons. The number of carboxylic acids is 1. The number of aliphatic carboxylic acids is 1. The molecule has 0 unspecified atom stereocenters. The Balaban J connectivity index is 1.72. The van der Waals surface area contributed by atoms with Crippen LogP contribution in [0.15, 0.2) is 12.1 Å². The Morgan fingerprint density at radius 3 is 2.65 bits per heavy atom. The van der Waals surface area contributed by atoms with Gasteiger partial charge in [-0.2, -0.15) is 0 Å². The monoisotopic (exact) mass is 339 g/mol. The zero-order chi connectivity index (χ0) is 16.4. The summed E-state index contributed by atoms with van der Waals surface area (Å²) in [5.74, 6) is -0.358. The summed E-state index contributed by atoms with van der Waals surface area (Å²) in [5, 5.41) is 12.6. The average Bonchev–Trinajstić information content (AvgIpc) is 3.02. The fourth-order valence-electron chi connectivity index (χ4n) is 3.14. The van der Waals surface area contributed by atoms with E-state index in [9.17, 15) is 14.7 Å². The molecule has 1 aromatic carbocycles. The molecule has 0 bridgehead atoms. The van der Waals surface area contributed by atoms with E-state index in [-0.39, 0.29) is 19.2 Å². The number of hydrogen-bond donors (Lipinski definition) is 2. The van der Waals surface area contributed by atoms with Crippen LogP contribution in [0.2, 0.25) is 5.02 Å². The summed E-state index contributed by atoms with van der Waals surface area (Å²) in [7, 11) is 0. The van der Waals surface area contributed by atoms with E-state index in [2.05, 4.69) is 5.32 Å². The highest BCUT2D eigenvalue weighted by molar-refractivity contribution is 6.32. The van der Waals surface area contributed by atoms with Crippen LogP contribution in [0.4, 0.5) is 0 Å². The van der Waals surface area contributed by atoms with Gasteiger partial charge in [-0.25, -0.2) is 0 Å². The van der Waals surface area contributed by atoms with E-state index in [1.54, 1.807) is 6.07 Å². The number of hydrogen-bond acceptors (Lipinski definition) is 4. The molecule has 0 atom stereocenters. The molecule has 7 heteroatoms. The minimum Gasteiger partial charge on any atom is -0.481 e. The molecule has 124 valence electrons. The Morgan fingerprint density at radius 1 is 1.22 bits per heavy atom. The molecule has 6 nitrogen and oxygen atoms in total. The van der Waals surface area contributed by atoms with Crippen molar-refractivity contribution in [2.45, 2.75) is 32.1 Å². The number of ether oxygens (including phenoxy) is 2. The van der Waals surface area contributed by atoms with Crippen molar-refractivity contribution in [3.8, 4) is 11.5 Å². The number of rotatable bonds is 4. The van der Waals surface area contributed by atoms with Gasteiger partial charge in [0, 0.05) is 12.1 Å². The number of carbonyl (C=O) groups excluding carboxylic acids is 1. The van der Waals surface area contributed by atoms with Crippen molar-refractivity contribution >= 4 is 23.5 Å². The molecule has 2 N–H and O–H groups in total. The van der Waals surface area contributed by atoms with Gasteiger partial charge in [-0.1, -0.05) is 30.9 Å². The van der Waals surface area contributed by atoms with Crippen LogP contribution in [0, 0.1) is 5.41 Å². The van der Waals surface area contributed by atoms with Crippen LogP contribution in [-0.4, -0.2) is 30.3 Å². The lowest BCUT2D eigenvalue weighted by atomic mass is 9.74. The van der Waals surface area contributed by atoms with Gasteiger partial charge in [-0.05, 0) is 25.0 Å². The van der Waals surface area contributed by atoms with Crippen LogP contribution < -0.4 is 14.8 Å². The molecule has 0 aromatic heterocycles. The molecular formula is C16H18ClNO5. The largest absolute Gasteiger partial charge is 0.481 e. The number of nitrogens with one attached hydrogen (secondary N) is 1. The van der Waals surface area contributed by atoms with E-state index in [0.717, 1.165) is 19.3 Å². The van der Waals surface area contributed by atoms with E-state index in [0.29, 0.717) is 34.9 Å². The van der Waals surface area contributed by atoms with Crippen molar-refractivity contribution in [1.82, 2.24) is 5.32 Å². The fraction of sp³-hybridized carbons (Fsp3) is 0.500. The zero-order valence-electron chi connectivity index (χ0n) is 12.6. The Kier molecular flexibility index (Phi) is 4.35. The van der Waals surface area contributed by atoms with Crippen molar-refractivity contribution in [2.75, 3.05) is 13.3 Å². The minimum atomic E-state index is -0.867. The molecule has 23 heavy (non-hydrogen) atoms. The Hall–Kier alpha value is -1.95. The quantitative estimate of drug-likeness (QED) is 0.881. The third-order valence-electron chi connectivity index (χ3n) is 4.54. The number of benzene rings is 1. The van der Waals surface area contributed by atoms with Gasteiger partial charge < -0.3 is 19.9 Å². The van der Waals surface area contributed by atoms with Gasteiger partial charge in [0.05, 0.1) is 10.4 Å². The summed E-state index contributed by atoms with van der Waals surface area (Å²) in [6.07, 6.45) is 3.96. The van der Waals surface area contributed by atoms with E-state index < -0.39 is 11.4 Å². The molecule has 1 amide bonds. The van der Waals surface area contributed by atoms with E-state index in [1.807, 2.05) is 0 Å². The average molecular weight is 340 g/mol. The molecule has 1 aromatic rings. The van der Waals surface area contributed by atoms with Crippen molar-refractivity contribution in [2.24, 2.45) is 5.41 Å². The third kappa shape index (κ3) is 3.08. The second kappa shape index (κ2) is 6.28. The number of halogens is 1. The zero-order valence-corrected chi connectivity index (χ0v) is 13.3. The van der Waals surface area contributed by atoms with Gasteiger partial charge in [0.1, 0.15) is 0 Å². The second-order valence-electron chi connectivity index (χ2n) is 6.02. The van der Waals surface area contributed by atoms with Crippen molar-refractivity contribution in [3.63, 3.8) is 0 Å². The Bertz CT molecular complexity index is 640. The normalized spacial score (nSPS) is 18.5. The number of carbonyl (C=O) groups is 2. The van der Waals surface area contributed by atoms with Crippen molar-refractivity contribution in [1.29, 1.82) is 0 Å². The van der Waals surface area contributed by atoms with E-state index in [1.165, 1.54) is 6.07 Å². The van der Waals surface area contributed by atoms with Crippen molar-refractivity contribution < 1.29 is 24.2 Å². The van der Waals surface area contributed by atoms with Gasteiger partial charge >= 0.3 is 5.97 Å². The van der Waals surface area contributed by atoms with Crippen molar-refractivity contribution in [3.05, 3.63) is 22.7 Å². The first-order chi connectivity index (χ1) is 11.0. The molecule has 1 aliphatic carbocycles. The molecule has 0 saturated heterocycles. The third-order valence-corrected chi connectivity index (χ3v) is 4.82. The van der Waals surface area contributed by atoms with Crippen LogP contribution in [0.1, 0.15) is 42.5 Å². The van der Waals surface area contributed by atoms with Crippen LogP contribution in [0.3, 0.4) is 0 Å². The summed E-state index contributed by atoms with van der Waals surface area (Å²) in [4.78, 5) is 24.0. The summed E-state index contributed by atoms with van der Waals surface area (Å²) in [6, 6.07) is 3.05. The standard InChI is InChI=1S/C16H18ClNO5/c17-11-6-10(7-12-13(11)23-9-22-12)14(19)18-8-16(15(20)21)4-2-1-3-5-16/h6-7H,1-5,8-9H2,(H,18,19)(H,20,21). The van der Waals surface area contributed by atoms with Gasteiger partial charge in [-0.15, -0.1) is 0 Å². The van der Waals surface area contributed by atoms with Gasteiger partial charge in [-0.3, -0.25) is 9.59 Å². The van der Waals surface area contributed by atoms with Crippen LogP contribution >= 0.6 is 11.6 Å². The number of amides is 1.